The molecule has 1 N–H and O–H groups in total. The first kappa shape index (κ1) is 26.7. The summed E-state index contributed by atoms with van der Waals surface area (Å²) in [6, 6.07) is 51.1. The van der Waals surface area contributed by atoms with E-state index in [2.05, 4.69) is 137 Å². The largest absolute Gasteiger partial charge is 0.456 e. The lowest BCUT2D eigenvalue weighted by Crippen LogP contribution is -2.07. The standard InChI is InChI=1S/C43H28N4O/c1-3-9-27(10-4-1)31-25-36(28-11-5-2-6-12-28)46-41(26-31)47-37-18-15-29(24-34(37)42-38(47)19-17-35-43(42)45-22-21-44-35)30-16-20-40-33(23-30)32-13-7-8-14-39(32)48-40/h1-21,23-26,45H,22H2. The predicted molar refractivity (Wildman–Crippen MR) is 199 cm³/mol. The number of hydrogen-bond acceptors (Lipinski definition) is 4. The second-order valence-electron chi connectivity index (χ2n) is 12.3. The molecular formula is C43H28N4O. The number of furan rings is 1. The summed E-state index contributed by atoms with van der Waals surface area (Å²) >= 11 is 0. The summed E-state index contributed by atoms with van der Waals surface area (Å²) in [4.78, 5) is 10.1. The van der Waals surface area contributed by atoms with Gasteiger partial charge in [-0.15, -0.1) is 0 Å². The molecule has 226 valence electrons. The Kier molecular flexibility index (Phi) is 5.87. The molecule has 0 bridgehead atoms. The number of pyridine rings is 1. The van der Waals surface area contributed by atoms with Crippen LogP contribution in [0, 0.1) is 0 Å². The summed E-state index contributed by atoms with van der Waals surface area (Å²) in [6.07, 6.45) is 1.93. The lowest BCUT2D eigenvalue weighted by atomic mass is 10.00. The van der Waals surface area contributed by atoms with Crippen molar-refractivity contribution in [3.63, 3.8) is 0 Å². The van der Waals surface area contributed by atoms with Crippen molar-refractivity contribution >= 4 is 61.3 Å². The Balaban J connectivity index is 1.25. The minimum atomic E-state index is 0.683. The molecule has 9 aromatic rings. The van der Waals surface area contributed by atoms with Gasteiger partial charge < -0.3 is 9.73 Å². The molecule has 3 aromatic heterocycles. The van der Waals surface area contributed by atoms with E-state index in [0.29, 0.717) is 6.54 Å². The highest BCUT2D eigenvalue weighted by atomic mass is 16.3. The molecule has 0 unspecified atom stereocenters. The molecule has 0 aliphatic carbocycles. The lowest BCUT2D eigenvalue weighted by Gasteiger charge is -2.15. The number of fused-ring (bicyclic) bond motifs is 8. The summed E-state index contributed by atoms with van der Waals surface area (Å²) in [7, 11) is 0. The van der Waals surface area contributed by atoms with E-state index in [4.69, 9.17) is 14.4 Å². The molecule has 0 amide bonds. The highest BCUT2D eigenvalue weighted by molar-refractivity contribution is 6.19. The van der Waals surface area contributed by atoms with Gasteiger partial charge in [0.1, 0.15) is 17.0 Å². The number of para-hydroxylation sites is 1. The maximum absolute atomic E-state index is 6.14. The van der Waals surface area contributed by atoms with Crippen molar-refractivity contribution in [3.8, 4) is 39.3 Å². The first-order chi connectivity index (χ1) is 23.8. The van der Waals surface area contributed by atoms with E-state index in [1.54, 1.807) is 0 Å². The molecule has 0 saturated carbocycles. The molecule has 48 heavy (non-hydrogen) atoms. The van der Waals surface area contributed by atoms with Gasteiger partial charge in [0.05, 0.1) is 34.6 Å². The van der Waals surface area contributed by atoms with E-state index in [1.807, 2.05) is 24.4 Å². The van der Waals surface area contributed by atoms with Crippen LogP contribution in [0.4, 0.5) is 11.4 Å². The predicted octanol–water partition coefficient (Wildman–Crippen LogP) is 11.2. The van der Waals surface area contributed by atoms with Crippen LogP contribution in [-0.4, -0.2) is 22.3 Å². The van der Waals surface area contributed by atoms with Crippen molar-refractivity contribution in [2.45, 2.75) is 0 Å². The first-order valence-electron chi connectivity index (χ1n) is 16.2. The quantitative estimate of drug-likeness (QED) is 0.214. The third kappa shape index (κ3) is 4.18. The maximum Gasteiger partial charge on any atom is 0.138 e. The Labute approximate surface area is 276 Å². The second kappa shape index (κ2) is 10.5. The normalized spacial score (nSPS) is 12.6. The third-order valence-corrected chi connectivity index (χ3v) is 9.44. The van der Waals surface area contributed by atoms with Crippen molar-refractivity contribution in [1.82, 2.24) is 9.55 Å². The van der Waals surface area contributed by atoms with Gasteiger partial charge in [-0.1, -0.05) is 91.0 Å². The van der Waals surface area contributed by atoms with Crippen molar-refractivity contribution in [1.29, 1.82) is 0 Å². The molecule has 1 aliphatic heterocycles. The fraction of sp³-hybridized carbons (Fsp3) is 0.0233. The summed E-state index contributed by atoms with van der Waals surface area (Å²) in [5.41, 5.74) is 12.5. The van der Waals surface area contributed by atoms with Gasteiger partial charge in [0.2, 0.25) is 0 Å². The van der Waals surface area contributed by atoms with Gasteiger partial charge in [0.15, 0.2) is 0 Å². The van der Waals surface area contributed by atoms with Gasteiger partial charge in [-0.05, 0) is 76.9 Å². The van der Waals surface area contributed by atoms with Crippen LogP contribution in [0.5, 0.6) is 0 Å². The van der Waals surface area contributed by atoms with Gasteiger partial charge >= 0.3 is 0 Å². The number of hydrogen-bond donors (Lipinski definition) is 1. The van der Waals surface area contributed by atoms with Gasteiger partial charge in [-0.2, -0.15) is 0 Å². The van der Waals surface area contributed by atoms with Crippen LogP contribution in [0.15, 0.2) is 155 Å². The highest BCUT2D eigenvalue weighted by Crippen LogP contribution is 2.44. The summed E-state index contributed by atoms with van der Waals surface area (Å²) in [6.45, 7) is 0.683. The zero-order valence-corrected chi connectivity index (χ0v) is 25.9. The monoisotopic (exact) mass is 616 g/mol. The fourth-order valence-corrected chi connectivity index (χ4v) is 7.20. The molecule has 0 radical (unpaired) electrons. The van der Waals surface area contributed by atoms with E-state index < -0.39 is 0 Å². The molecular weight excluding hydrogens is 589 g/mol. The van der Waals surface area contributed by atoms with Gasteiger partial charge in [-0.25, -0.2) is 4.98 Å². The van der Waals surface area contributed by atoms with Crippen molar-refractivity contribution in [3.05, 3.63) is 146 Å². The number of benzene rings is 6. The lowest BCUT2D eigenvalue weighted by molar-refractivity contribution is 0.669. The number of nitrogens with zero attached hydrogens (tertiary/aromatic N) is 3. The van der Waals surface area contributed by atoms with Crippen LogP contribution in [0.2, 0.25) is 0 Å². The van der Waals surface area contributed by atoms with Crippen molar-refractivity contribution in [2.24, 2.45) is 4.99 Å². The summed E-state index contributed by atoms with van der Waals surface area (Å²) in [5.74, 6) is 0.869. The van der Waals surface area contributed by atoms with Crippen LogP contribution in [-0.2, 0) is 0 Å². The van der Waals surface area contributed by atoms with Crippen LogP contribution >= 0.6 is 0 Å². The Morgan fingerprint density at radius 1 is 0.542 bits per heavy atom. The topological polar surface area (TPSA) is 55.4 Å². The molecule has 1 aliphatic rings. The van der Waals surface area contributed by atoms with E-state index in [1.165, 1.54) is 0 Å². The molecule has 10 rings (SSSR count). The average Bonchev–Trinajstić information content (AvgIpc) is 3.70. The SMILES string of the molecule is C1=Nc2ccc3c(c2NC1)c1cc(-c2ccc4oc5ccccc5c4c2)ccc1n3-c1cc(-c2ccccc2)cc(-c2ccccc2)n1. The van der Waals surface area contributed by atoms with Crippen LogP contribution in [0.25, 0.3) is 83.1 Å². The minimum Gasteiger partial charge on any atom is -0.456 e. The highest BCUT2D eigenvalue weighted by Gasteiger charge is 2.21. The smallest absolute Gasteiger partial charge is 0.138 e. The molecule has 0 saturated heterocycles. The zero-order valence-electron chi connectivity index (χ0n) is 25.9. The van der Waals surface area contributed by atoms with Gasteiger partial charge in [0.25, 0.3) is 0 Å². The summed E-state index contributed by atoms with van der Waals surface area (Å²) in [5, 5.41) is 8.18. The van der Waals surface area contributed by atoms with Crippen LogP contribution in [0.3, 0.4) is 0 Å². The summed E-state index contributed by atoms with van der Waals surface area (Å²) < 4.78 is 8.44. The molecule has 0 fully saturated rings. The Morgan fingerprint density at radius 2 is 1.25 bits per heavy atom. The molecule has 0 spiro atoms. The molecule has 5 nitrogen and oxygen atoms in total. The number of aromatic nitrogens is 2. The first-order valence-corrected chi connectivity index (χ1v) is 16.2. The van der Waals surface area contributed by atoms with E-state index in [9.17, 15) is 0 Å². The number of anilines is 1. The van der Waals surface area contributed by atoms with E-state index in [-0.39, 0.29) is 0 Å². The Hall–Kier alpha value is -6.46. The second-order valence-corrected chi connectivity index (χ2v) is 12.3. The zero-order chi connectivity index (χ0) is 31.6. The number of nitrogens with one attached hydrogen (secondary N) is 1. The molecule has 0 atom stereocenters. The minimum absolute atomic E-state index is 0.683. The Morgan fingerprint density at radius 3 is 2.10 bits per heavy atom. The van der Waals surface area contributed by atoms with E-state index in [0.717, 1.165) is 94.4 Å². The molecule has 5 heteroatoms. The molecule has 4 heterocycles. The number of rotatable bonds is 4. The third-order valence-electron chi connectivity index (χ3n) is 9.44. The van der Waals surface area contributed by atoms with Crippen LogP contribution < -0.4 is 5.32 Å². The van der Waals surface area contributed by atoms with Crippen molar-refractivity contribution < 1.29 is 4.42 Å². The Bertz CT molecular complexity index is 2660. The average molecular weight is 617 g/mol. The maximum atomic E-state index is 6.14. The van der Waals surface area contributed by atoms with E-state index >= 15 is 0 Å². The number of aliphatic imine (C=N–C) groups is 1. The van der Waals surface area contributed by atoms with Crippen molar-refractivity contribution in [2.75, 3.05) is 11.9 Å². The molecule has 6 aromatic carbocycles. The van der Waals surface area contributed by atoms with Gasteiger partial charge in [0, 0.05) is 33.3 Å². The fourth-order valence-electron chi connectivity index (χ4n) is 7.20. The van der Waals surface area contributed by atoms with Crippen LogP contribution in [0.1, 0.15) is 0 Å². The van der Waals surface area contributed by atoms with Gasteiger partial charge in [-0.3, -0.25) is 9.56 Å².